The molecule has 0 unspecified atom stereocenters. The summed E-state index contributed by atoms with van der Waals surface area (Å²) in [6, 6.07) is 7.68. The molecule has 220 valence electrons. The number of benzene rings is 1. The Morgan fingerprint density at radius 2 is 1.16 bits per heavy atom. The summed E-state index contributed by atoms with van der Waals surface area (Å²) in [5.41, 5.74) is 1.26. The van der Waals surface area contributed by atoms with Crippen LogP contribution in [0.1, 0.15) is 33.3 Å². The Kier molecular flexibility index (Phi) is 33.8. The highest BCUT2D eigenvalue weighted by Crippen LogP contribution is 2.09. The predicted octanol–water partition coefficient (Wildman–Crippen LogP) is 1.61. The Hall–Kier alpha value is -3.87. The number of ether oxygens (including phenoxy) is 5. The van der Waals surface area contributed by atoms with Crippen LogP contribution in [0.5, 0.6) is 5.75 Å². The van der Waals surface area contributed by atoms with E-state index in [1.54, 1.807) is 21.3 Å². The highest BCUT2D eigenvalue weighted by Gasteiger charge is 1.95. The molecule has 0 aliphatic heterocycles. The van der Waals surface area contributed by atoms with Gasteiger partial charge in [-0.15, -0.1) is 0 Å². The van der Waals surface area contributed by atoms with Crippen molar-refractivity contribution >= 4 is 29.8 Å². The van der Waals surface area contributed by atoms with Crippen molar-refractivity contribution in [3.8, 4) is 5.75 Å². The summed E-state index contributed by atoms with van der Waals surface area (Å²) in [5, 5.41) is 7.21. The highest BCUT2D eigenvalue weighted by molar-refractivity contribution is 5.73. The minimum atomic E-state index is -0.344. The molecule has 3 amide bonds. The van der Waals surface area contributed by atoms with Gasteiger partial charge in [0, 0.05) is 48.9 Å². The van der Waals surface area contributed by atoms with E-state index >= 15 is 0 Å². The molecule has 0 aliphatic rings. The lowest BCUT2D eigenvalue weighted by Gasteiger charge is -2.03. The number of nitrogens with one attached hydrogen (secondary N) is 3. The molecule has 1 aromatic carbocycles. The summed E-state index contributed by atoms with van der Waals surface area (Å²) < 4.78 is 22.8. The Morgan fingerprint density at radius 1 is 0.711 bits per heavy atom. The van der Waals surface area contributed by atoms with Gasteiger partial charge in [-0.3, -0.25) is 19.2 Å². The number of urea groups is 1. The van der Waals surface area contributed by atoms with Crippen LogP contribution in [0.4, 0.5) is 4.79 Å². The van der Waals surface area contributed by atoms with E-state index in [0.717, 1.165) is 5.75 Å². The fourth-order valence-corrected chi connectivity index (χ4v) is 1.39. The molecule has 0 spiro atoms. The fourth-order valence-electron chi connectivity index (χ4n) is 1.39. The first-order valence-corrected chi connectivity index (χ1v) is 11.4. The number of amides is 3. The van der Waals surface area contributed by atoms with Crippen LogP contribution in [0.2, 0.25) is 0 Å². The van der Waals surface area contributed by atoms with E-state index in [2.05, 4.69) is 41.8 Å². The molecule has 0 saturated carbocycles. The van der Waals surface area contributed by atoms with Gasteiger partial charge in [-0.1, -0.05) is 17.7 Å². The lowest BCUT2D eigenvalue weighted by Crippen LogP contribution is -2.35. The van der Waals surface area contributed by atoms with Gasteiger partial charge in [-0.25, -0.2) is 4.79 Å². The van der Waals surface area contributed by atoms with Crippen molar-refractivity contribution < 1.29 is 47.7 Å². The molecule has 1 rings (SSSR count). The maximum Gasteiger partial charge on any atom is 0.314 e. The molecule has 0 aliphatic carbocycles. The van der Waals surface area contributed by atoms with Crippen molar-refractivity contribution in [2.45, 2.75) is 34.6 Å². The van der Waals surface area contributed by atoms with E-state index in [0.29, 0.717) is 19.8 Å². The van der Waals surface area contributed by atoms with Crippen molar-refractivity contribution in [3.63, 3.8) is 0 Å². The number of aryl methyl sites for hydroxylation is 1. The predicted molar refractivity (Wildman–Crippen MR) is 143 cm³/mol. The smallest absolute Gasteiger partial charge is 0.314 e. The third kappa shape index (κ3) is 45.6. The Morgan fingerprint density at radius 3 is 1.47 bits per heavy atom. The largest absolute Gasteiger partial charge is 0.497 e. The molecule has 0 bridgehead atoms. The van der Waals surface area contributed by atoms with Crippen LogP contribution < -0.4 is 20.7 Å². The Labute approximate surface area is 225 Å². The normalized spacial score (nSPS) is 8.26. The third-order valence-corrected chi connectivity index (χ3v) is 3.41. The van der Waals surface area contributed by atoms with Gasteiger partial charge in [0.2, 0.25) is 5.91 Å². The van der Waals surface area contributed by atoms with E-state index in [1.165, 1.54) is 47.4 Å². The number of esters is 3. The quantitative estimate of drug-likeness (QED) is 0.259. The fraction of sp³-hybridized carbons (Fsp3) is 0.560. The van der Waals surface area contributed by atoms with E-state index in [-0.39, 0.29) is 36.5 Å². The van der Waals surface area contributed by atoms with Gasteiger partial charge >= 0.3 is 23.9 Å². The van der Waals surface area contributed by atoms with Gasteiger partial charge in [0.1, 0.15) is 19.0 Å². The molecular weight excluding hydrogens is 502 g/mol. The summed E-state index contributed by atoms with van der Waals surface area (Å²) >= 11 is 0. The lowest BCUT2D eigenvalue weighted by atomic mass is 10.2. The summed E-state index contributed by atoms with van der Waals surface area (Å²) in [6.45, 7) is 8.95. The first-order valence-electron chi connectivity index (χ1n) is 11.4. The minimum absolute atomic E-state index is 0.00463. The Bertz CT molecular complexity index is 742. The first-order chi connectivity index (χ1) is 17.8. The average molecular weight is 548 g/mol. The van der Waals surface area contributed by atoms with Gasteiger partial charge in [0.05, 0.1) is 27.4 Å². The van der Waals surface area contributed by atoms with Crippen LogP contribution in [0, 0.1) is 6.92 Å². The highest BCUT2D eigenvalue weighted by atomic mass is 16.6. The molecule has 13 heteroatoms. The van der Waals surface area contributed by atoms with Crippen molar-refractivity contribution in [1.29, 1.82) is 0 Å². The van der Waals surface area contributed by atoms with Crippen LogP contribution in [-0.2, 0) is 38.1 Å². The summed E-state index contributed by atoms with van der Waals surface area (Å²) in [6.07, 6.45) is 0. The number of carbonyl (C=O) groups excluding carboxylic acids is 5. The SMILES string of the molecule is CNC(=O)NCCOC(C)=O.CNC(C)=O.COC(C)=O.COCCOC(C)=O.COc1ccc(C)cc1. The van der Waals surface area contributed by atoms with Crippen molar-refractivity contribution in [2.75, 3.05) is 61.8 Å². The lowest BCUT2D eigenvalue weighted by molar-refractivity contribution is -0.142. The number of hydrogen-bond acceptors (Lipinski definition) is 10. The first kappa shape index (κ1) is 41.3. The molecular formula is C25H45N3O10. The van der Waals surface area contributed by atoms with Crippen molar-refractivity contribution in [2.24, 2.45) is 0 Å². The van der Waals surface area contributed by atoms with Crippen LogP contribution >= 0.6 is 0 Å². The van der Waals surface area contributed by atoms with E-state index in [4.69, 9.17) is 4.74 Å². The minimum Gasteiger partial charge on any atom is -0.497 e. The molecule has 1 aromatic rings. The third-order valence-electron chi connectivity index (χ3n) is 3.41. The summed E-state index contributed by atoms with van der Waals surface area (Å²) in [4.78, 5) is 50.0. The van der Waals surface area contributed by atoms with Crippen LogP contribution in [-0.4, -0.2) is 91.6 Å². The second-order valence-electron chi connectivity index (χ2n) is 6.70. The zero-order chi connectivity index (χ0) is 30.4. The number of methoxy groups -OCH3 is 3. The molecule has 0 atom stereocenters. The van der Waals surface area contributed by atoms with Gasteiger partial charge < -0.3 is 39.6 Å². The Balaban J connectivity index is -0.000000197. The molecule has 0 fully saturated rings. The number of hydrogen-bond donors (Lipinski definition) is 3. The molecule has 0 aromatic heterocycles. The topological polar surface area (TPSA) is 168 Å². The van der Waals surface area contributed by atoms with Gasteiger partial charge in [-0.05, 0) is 19.1 Å². The number of rotatable bonds is 7. The summed E-state index contributed by atoms with van der Waals surface area (Å²) in [7, 11) is 7.69. The molecule has 0 radical (unpaired) electrons. The van der Waals surface area contributed by atoms with E-state index < -0.39 is 0 Å². The molecule has 0 heterocycles. The second kappa shape index (κ2) is 31.2. The molecule has 0 saturated heterocycles. The average Bonchev–Trinajstić information content (AvgIpc) is 2.88. The van der Waals surface area contributed by atoms with Crippen molar-refractivity contribution in [3.05, 3.63) is 29.8 Å². The molecule has 3 N–H and O–H groups in total. The van der Waals surface area contributed by atoms with Crippen LogP contribution in [0.15, 0.2) is 24.3 Å². The molecule has 38 heavy (non-hydrogen) atoms. The van der Waals surface area contributed by atoms with Gasteiger partial charge in [0.15, 0.2) is 0 Å². The zero-order valence-corrected chi connectivity index (χ0v) is 24.2. The van der Waals surface area contributed by atoms with E-state index in [9.17, 15) is 24.0 Å². The van der Waals surface area contributed by atoms with Gasteiger partial charge in [-0.2, -0.15) is 0 Å². The second-order valence-corrected chi connectivity index (χ2v) is 6.70. The summed E-state index contributed by atoms with van der Waals surface area (Å²) in [5.74, 6) is 0.0707. The zero-order valence-electron chi connectivity index (χ0n) is 24.2. The van der Waals surface area contributed by atoms with E-state index in [1.807, 2.05) is 24.3 Å². The van der Waals surface area contributed by atoms with Crippen LogP contribution in [0.3, 0.4) is 0 Å². The maximum absolute atomic E-state index is 10.5. The van der Waals surface area contributed by atoms with Crippen LogP contribution in [0.25, 0.3) is 0 Å². The molecule has 13 nitrogen and oxygen atoms in total. The van der Waals surface area contributed by atoms with Crippen molar-refractivity contribution in [1.82, 2.24) is 16.0 Å². The van der Waals surface area contributed by atoms with Gasteiger partial charge in [0.25, 0.3) is 0 Å². The maximum atomic E-state index is 10.5. The standard InChI is InChI=1S/C8H10O.C6H12N2O3.C5H10O3.C3H7NO.C3H6O2/c1-7-3-5-8(9-2)6-4-7;1-5(9)11-4-3-8-6(10)7-2;1-5(6)8-4-3-7-2;1-3(5)4-2;1-3(4)5-2/h3-6H,1-2H3;3-4H2,1-2H3,(H2,7,8,10);3-4H2,1-2H3;1-2H3,(H,4,5);1-2H3. The monoisotopic (exact) mass is 547 g/mol. The number of carbonyl (C=O) groups is 5.